The summed E-state index contributed by atoms with van der Waals surface area (Å²) in [6, 6.07) is 8.12. The van der Waals surface area contributed by atoms with Crippen LogP contribution in [-0.2, 0) is 13.5 Å². The van der Waals surface area contributed by atoms with Crippen LogP contribution in [0.5, 0.6) is 0 Å². The van der Waals surface area contributed by atoms with Crippen molar-refractivity contribution in [3.63, 3.8) is 0 Å². The average molecular weight is 372 g/mol. The van der Waals surface area contributed by atoms with Crippen LogP contribution in [0.4, 0.5) is 19.8 Å². The fraction of sp³-hybridized carbons (Fsp3) is 0.211. The Kier molecular flexibility index (Phi) is 4.11. The number of anilines is 2. The van der Waals surface area contributed by atoms with E-state index in [0.29, 0.717) is 11.5 Å². The standard InChI is InChI=1S/C19H18F2N4S/c1-11-18-13-5-7-17(22-12-4-6-14(20)16(10-12)26-21)23-19(13)25(3)15(18)8-9-24(11)2/h4-7,10H,1,8-9H2,2-3H3,(H,22,23). The molecular formula is C19H18F2N4S. The second-order valence-corrected chi connectivity index (χ2v) is 7.01. The van der Waals surface area contributed by atoms with E-state index in [4.69, 9.17) is 4.98 Å². The Morgan fingerprint density at radius 2 is 2.04 bits per heavy atom. The number of rotatable bonds is 3. The molecule has 26 heavy (non-hydrogen) atoms. The number of aryl methyl sites for hydroxylation is 1. The second kappa shape index (κ2) is 6.32. The zero-order chi connectivity index (χ0) is 18.4. The van der Waals surface area contributed by atoms with Gasteiger partial charge >= 0.3 is 0 Å². The Bertz CT molecular complexity index is 1030. The summed E-state index contributed by atoms with van der Waals surface area (Å²) in [6.45, 7) is 5.14. The van der Waals surface area contributed by atoms with Gasteiger partial charge in [-0.1, -0.05) is 6.58 Å². The molecule has 2 aromatic heterocycles. The third kappa shape index (κ3) is 2.63. The van der Waals surface area contributed by atoms with Crippen LogP contribution in [-0.4, -0.2) is 28.0 Å². The maximum atomic E-state index is 13.4. The van der Waals surface area contributed by atoms with Crippen molar-refractivity contribution in [2.45, 2.75) is 11.3 Å². The molecule has 134 valence electrons. The van der Waals surface area contributed by atoms with Crippen molar-refractivity contribution in [3.8, 4) is 0 Å². The monoisotopic (exact) mass is 372 g/mol. The lowest BCUT2D eigenvalue weighted by Crippen LogP contribution is -2.25. The van der Waals surface area contributed by atoms with Crippen molar-refractivity contribution in [2.24, 2.45) is 7.05 Å². The van der Waals surface area contributed by atoms with Crippen LogP contribution in [0.1, 0.15) is 11.3 Å². The van der Waals surface area contributed by atoms with Gasteiger partial charge in [-0.25, -0.2) is 9.37 Å². The first-order chi connectivity index (χ1) is 12.5. The predicted molar refractivity (Wildman–Crippen MR) is 103 cm³/mol. The summed E-state index contributed by atoms with van der Waals surface area (Å²) in [5.41, 5.74) is 4.82. The molecule has 0 aliphatic carbocycles. The molecule has 1 N–H and O–H groups in total. The molecule has 0 saturated heterocycles. The molecule has 1 aliphatic rings. The molecule has 4 rings (SSSR count). The molecule has 0 amide bonds. The van der Waals surface area contributed by atoms with E-state index in [1.54, 1.807) is 6.07 Å². The number of pyridine rings is 1. The molecule has 0 fully saturated rings. The Balaban J connectivity index is 1.75. The Morgan fingerprint density at radius 3 is 2.81 bits per heavy atom. The quantitative estimate of drug-likeness (QED) is 0.710. The third-order valence-corrected chi connectivity index (χ3v) is 5.35. The molecule has 0 radical (unpaired) electrons. The average Bonchev–Trinajstić information content (AvgIpc) is 2.92. The molecule has 3 heterocycles. The highest BCUT2D eigenvalue weighted by molar-refractivity contribution is 7.94. The molecule has 4 nitrogen and oxygen atoms in total. The number of fused-ring (bicyclic) bond motifs is 3. The molecule has 1 aromatic carbocycles. The number of halogens is 2. The van der Waals surface area contributed by atoms with Crippen LogP contribution in [0, 0.1) is 5.82 Å². The normalized spacial score (nSPS) is 14.0. The van der Waals surface area contributed by atoms with Crippen molar-refractivity contribution in [3.05, 3.63) is 54.0 Å². The van der Waals surface area contributed by atoms with E-state index in [0.717, 1.165) is 35.3 Å². The number of nitrogens with one attached hydrogen (secondary N) is 1. The van der Waals surface area contributed by atoms with Gasteiger partial charge in [-0.3, -0.25) is 0 Å². The molecule has 0 atom stereocenters. The third-order valence-electron chi connectivity index (χ3n) is 4.88. The SMILES string of the molecule is C=C1c2c(n(C)c3nc(Nc4ccc(F)c(SF)c4)ccc23)CCN1C. The number of benzene rings is 1. The van der Waals surface area contributed by atoms with E-state index in [1.807, 2.05) is 26.2 Å². The highest BCUT2D eigenvalue weighted by atomic mass is 32.2. The summed E-state index contributed by atoms with van der Waals surface area (Å²) in [7, 11) is 4.05. The molecule has 0 saturated carbocycles. The fourth-order valence-corrected chi connectivity index (χ4v) is 3.74. The summed E-state index contributed by atoms with van der Waals surface area (Å²) in [5, 5.41) is 4.18. The fourth-order valence-electron chi connectivity index (χ4n) is 3.42. The van der Waals surface area contributed by atoms with Gasteiger partial charge in [-0.15, -0.1) is 0 Å². The number of hydrogen-bond donors (Lipinski definition) is 1. The van der Waals surface area contributed by atoms with Crippen molar-refractivity contribution in [2.75, 3.05) is 18.9 Å². The van der Waals surface area contributed by atoms with Crippen LogP contribution in [0.3, 0.4) is 0 Å². The molecule has 3 aromatic rings. The number of likely N-dealkylation sites (N-methyl/N-ethyl adjacent to an activating group) is 1. The summed E-state index contributed by atoms with van der Waals surface area (Å²) < 4.78 is 28.3. The van der Waals surface area contributed by atoms with Crippen molar-refractivity contribution in [1.29, 1.82) is 0 Å². The van der Waals surface area contributed by atoms with Crippen molar-refractivity contribution < 1.29 is 8.28 Å². The van der Waals surface area contributed by atoms with E-state index in [1.165, 1.54) is 17.8 Å². The van der Waals surface area contributed by atoms with Crippen LogP contribution in [0.15, 0.2) is 41.8 Å². The maximum Gasteiger partial charge on any atom is 0.142 e. The van der Waals surface area contributed by atoms with Gasteiger partial charge in [0.25, 0.3) is 0 Å². The van der Waals surface area contributed by atoms with Gasteiger partial charge in [-0.05, 0) is 30.3 Å². The summed E-state index contributed by atoms with van der Waals surface area (Å²) in [4.78, 5) is 6.81. The van der Waals surface area contributed by atoms with Gasteiger partial charge in [-0.2, -0.15) is 3.89 Å². The topological polar surface area (TPSA) is 33.1 Å². The van der Waals surface area contributed by atoms with E-state index < -0.39 is 5.82 Å². The van der Waals surface area contributed by atoms with E-state index in [9.17, 15) is 8.28 Å². The van der Waals surface area contributed by atoms with Gasteiger partial charge in [0.2, 0.25) is 0 Å². The lowest BCUT2D eigenvalue weighted by molar-refractivity contribution is 0.463. The van der Waals surface area contributed by atoms with Crippen molar-refractivity contribution in [1.82, 2.24) is 14.5 Å². The summed E-state index contributed by atoms with van der Waals surface area (Å²) in [6.07, 6.45) is 0.940. The summed E-state index contributed by atoms with van der Waals surface area (Å²) >= 11 is -0.110. The minimum atomic E-state index is -0.579. The predicted octanol–water partition coefficient (Wildman–Crippen LogP) is 4.89. The first-order valence-electron chi connectivity index (χ1n) is 8.23. The second-order valence-electron chi connectivity index (χ2n) is 6.41. The summed E-state index contributed by atoms with van der Waals surface area (Å²) in [5.74, 6) is 0.0417. The first-order valence-corrected chi connectivity index (χ1v) is 8.95. The smallest absolute Gasteiger partial charge is 0.142 e. The molecule has 1 aliphatic heterocycles. The van der Waals surface area contributed by atoms with E-state index >= 15 is 0 Å². The molecular weight excluding hydrogens is 354 g/mol. The lowest BCUT2D eigenvalue weighted by Gasteiger charge is -2.27. The van der Waals surface area contributed by atoms with Crippen molar-refractivity contribution >= 4 is 40.4 Å². The zero-order valence-electron chi connectivity index (χ0n) is 14.5. The largest absolute Gasteiger partial charge is 0.374 e. The van der Waals surface area contributed by atoms with Gasteiger partial charge < -0.3 is 14.8 Å². The van der Waals surface area contributed by atoms with E-state index in [-0.39, 0.29) is 17.0 Å². The van der Waals surface area contributed by atoms with Crippen LogP contribution < -0.4 is 5.32 Å². The molecule has 0 bridgehead atoms. The van der Waals surface area contributed by atoms with Crippen LogP contribution in [0.25, 0.3) is 16.7 Å². The van der Waals surface area contributed by atoms with Gasteiger partial charge in [0.05, 0.1) is 17.0 Å². The van der Waals surface area contributed by atoms with Crippen LogP contribution >= 0.6 is 12.1 Å². The minimum Gasteiger partial charge on any atom is -0.374 e. The number of hydrogen-bond acceptors (Lipinski definition) is 4. The first kappa shape index (κ1) is 16.9. The zero-order valence-corrected chi connectivity index (χ0v) is 15.3. The minimum absolute atomic E-state index is 0.0512. The van der Waals surface area contributed by atoms with Gasteiger partial charge in [0, 0.05) is 55.1 Å². The highest BCUT2D eigenvalue weighted by Crippen LogP contribution is 2.35. The highest BCUT2D eigenvalue weighted by Gasteiger charge is 2.24. The number of aromatic nitrogens is 2. The number of nitrogens with zero attached hydrogens (tertiary/aromatic N) is 3. The van der Waals surface area contributed by atoms with Gasteiger partial charge in [0.15, 0.2) is 0 Å². The maximum absolute atomic E-state index is 13.4. The molecule has 7 heteroatoms. The Hall–Kier alpha value is -2.54. The lowest BCUT2D eigenvalue weighted by atomic mass is 10.0. The van der Waals surface area contributed by atoms with E-state index in [2.05, 4.69) is 21.4 Å². The Morgan fingerprint density at radius 1 is 1.23 bits per heavy atom. The van der Waals surface area contributed by atoms with Crippen LogP contribution in [0.2, 0.25) is 0 Å². The molecule has 0 spiro atoms. The van der Waals surface area contributed by atoms with Gasteiger partial charge in [0.1, 0.15) is 17.3 Å². The molecule has 0 unspecified atom stereocenters. The Labute approximate surface area is 154 Å².